The second-order valence-corrected chi connectivity index (χ2v) is 11.8. The van der Waals surface area contributed by atoms with Crippen LogP contribution in [0.3, 0.4) is 0 Å². The molecule has 1 aliphatic rings. The Morgan fingerprint density at radius 1 is 0.733 bits per heavy atom. The number of ether oxygens (including phenoxy) is 1. The van der Waals surface area contributed by atoms with E-state index in [9.17, 15) is 4.79 Å². The van der Waals surface area contributed by atoms with Crippen molar-refractivity contribution >= 4 is 29.8 Å². The van der Waals surface area contributed by atoms with Gasteiger partial charge < -0.3 is 9.30 Å². The zero-order valence-electron chi connectivity index (χ0n) is 17.5. The highest BCUT2D eigenvalue weighted by Gasteiger charge is 2.48. The highest BCUT2D eigenvalue weighted by atomic mass is 28.3. The van der Waals surface area contributed by atoms with Gasteiger partial charge in [-0.25, -0.2) is 0 Å². The van der Waals surface area contributed by atoms with Gasteiger partial charge in [0.15, 0.2) is 0 Å². The number of cyclic esters (lactones) is 1. The van der Waals surface area contributed by atoms with E-state index in [0.717, 1.165) is 25.7 Å². The molecule has 3 aromatic carbocycles. The lowest BCUT2D eigenvalue weighted by atomic mass is 10.1. The Bertz CT molecular complexity index is 850. The number of nitrogens with zero attached hydrogens (tertiary/aromatic N) is 1. The first-order valence-corrected chi connectivity index (χ1v) is 12.8. The van der Waals surface area contributed by atoms with Crippen LogP contribution in [-0.4, -0.2) is 38.5 Å². The molecule has 1 heterocycles. The third-order valence-corrected chi connectivity index (χ3v) is 11.1. The van der Waals surface area contributed by atoms with Crippen LogP contribution in [0.2, 0.25) is 0 Å². The second kappa shape index (κ2) is 9.41. The Morgan fingerprint density at radius 3 is 1.67 bits per heavy atom. The lowest BCUT2D eigenvalue weighted by Crippen LogP contribution is -2.78. The standard InChI is InChI=1S/C26H29NO2Si/c1-27(25-20-12-5-13-21-29-26(25)28)30(22-14-6-2-7-15-22,23-16-8-3-9-17-23)24-18-10-4-11-19-24/h2-4,6-11,14-19,25H,5,12-13,20-21H2,1H3. The molecule has 0 aliphatic carbocycles. The molecule has 0 radical (unpaired) electrons. The van der Waals surface area contributed by atoms with Crippen LogP contribution in [0, 0.1) is 0 Å². The Hall–Kier alpha value is -2.69. The number of esters is 1. The minimum absolute atomic E-state index is 0.0862. The number of carbonyl (C=O) groups is 1. The van der Waals surface area contributed by atoms with Gasteiger partial charge in [0.2, 0.25) is 8.24 Å². The first-order chi connectivity index (χ1) is 14.7. The zero-order valence-corrected chi connectivity index (χ0v) is 18.5. The third kappa shape index (κ3) is 3.85. The summed E-state index contributed by atoms with van der Waals surface area (Å²) >= 11 is 0. The van der Waals surface area contributed by atoms with Crippen LogP contribution in [0.5, 0.6) is 0 Å². The molecule has 3 nitrogen and oxygen atoms in total. The summed E-state index contributed by atoms with van der Waals surface area (Å²) in [7, 11) is -0.531. The van der Waals surface area contributed by atoms with Crippen molar-refractivity contribution in [2.24, 2.45) is 0 Å². The van der Waals surface area contributed by atoms with Gasteiger partial charge in [0.25, 0.3) is 0 Å². The second-order valence-electron chi connectivity index (χ2n) is 7.95. The zero-order chi connectivity index (χ0) is 20.8. The fourth-order valence-electron chi connectivity index (χ4n) is 4.74. The summed E-state index contributed by atoms with van der Waals surface area (Å²) in [6.45, 7) is 0.528. The van der Waals surface area contributed by atoms with Crippen LogP contribution in [0.1, 0.15) is 25.7 Å². The molecule has 1 unspecified atom stereocenters. The van der Waals surface area contributed by atoms with Crippen molar-refractivity contribution in [2.75, 3.05) is 13.7 Å². The molecule has 4 rings (SSSR count). The number of rotatable bonds is 5. The Kier molecular flexibility index (Phi) is 6.46. The van der Waals surface area contributed by atoms with E-state index in [-0.39, 0.29) is 12.0 Å². The predicted octanol–water partition coefficient (Wildman–Crippen LogP) is 3.07. The van der Waals surface area contributed by atoms with Crippen LogP contribution in [0.25, 0.3) is 0 Å². The fraction of sp³-hybridized carbons (Fsp3) is 0.269. The molecule has 154 valence electrons. The van der Waals surface area contributed by atoms with Crippen molar-refractivity contribution in [3.05, 3.63) is 91.0 Å². The molecule has 3 aromatic rings. The highest BCUT2D eigenvalue weighted by molar-refractivity contribution is 7.09. The number of carbonyl (C=O) groups excluding carboxylic acids is 1. The maximum atomic E-state index is 13.1. The molecule has 1 atom stereocenters. The van der Waals surface area contributed by atoms with Crippen molar-refractivity contribution in [2.45, 2.75) is 31.7 Å². The summed E-state index contributed by atoms with van der Waals surface area (Å²) in [6.07, 6.45) is 3.94. The van der Waals surface area contributed by atoms with Gasteiger partial charge in [0.1, 0.15) is 6.04 Å². The van der Waals surface area contributed by atoms with Gasteiger partial charge >= 0.3 is 5.97 Å². The number of hydrogen-bond donors (Lipinski definition) is 0. The van der Waals surface area contributed by atoms with E-state index in [0.29, 0.717) is 6.61 Å². The molecule has 0 saturated carbocycles. The van der Waals surface area contributed by atoms with E-state index < -0.39 is 8.24 Å². The summed E-state index contributed by atoms with van der Waals surface area (Å²) in [5.41, 5.74) is 0. The van der Waals surface area contributed by atoms with E-state index in [4.69, 9.17) is 4.74 Å². The smallest absolute Gasteiger partial charge is 0.322 e. The molecule has 4 heteroatoms. The van der Waals surface area contributed by atoms with Crippen molar-refractivity contribution in [3.8, 4) is 0 Å². The summed E-state index contributed by atoms with van der Waals surface area (Å²) in [5, 5.41) is 3.83. The number of likely N-dealkylation sites (N-methyl/N-ethyl adjacent to an activating group) is 1. The molecular formula is C26H29NO2Si. The first-order valence-electron chi connectivity index (χ1n) is 10.8. The minimum atomic E-state index is -2.66. The maximum Gasteiger partial charge on any atom is 0.322 e. The van der Waals surface area contributed by atoms with Gasteiger partial charge in [-0.2, -0.15) is 0 Å². The molecule has 0 amide bonds. The number of hydrogen-bond acceptors (Lipinski definition) is 3. The monoisotopic (exact) mass is 415 g/mol. The summed E-state index contributed by atoms with van der Waals surface area (Å²) in [4.78, 5) is 13.1. The van der Waals surface area contributed by atoms with E-state index in [1.807, 2.05) is 0 Å². The number of benzene rings is 3. The summed E-state index contributed by atoms with van der Waals surface area (Å²) in [5.74, 6) is -0.0862. The quantitative estimate of drug-likeness (QED) is 0.364. The average molecular weight is 416 g/mol. The Labute approximate surface area is 180 Å². The Morgan fingerprint density at radius 2 is 1.20 bits per heavy atom. The molecule has 0 bridgehead atoms. The van der Waals surface area contributed by atoms with Gasteiger partial charge in [0, 0.05) is 0 Å². The SMILES string of the molecule is CN(C1CCCCCOC1=O)[Si](c1ccccc1)(c1ccccc1)c1ccccc1. The lowest BCUT2D eigenvalue weighted by Gasteiger charge is -2.44. The van der Waals surface area contributed by atoms with Crippen LogP contribution in [0.15, 0.2) is 91.0 Å². The van der Waals surface area contributed by atoms with E-state index in [2.05, 4.69) is 103 Å². The molecule has 1 fully saturated rings. The minimum Gasteiger partial charge on any atom is -0.465 e. The van der Waals surface area contributed by atoms with Crippen molar-refractivity contribution < 1.29 is 9.53 Å². The van der Waals surface area contributed by atoms with Crippen LogP contribution in [-0.2, 0) is 9.53 Å². The molecule has 0 spiro atoms. The normalized spacial score (nSPS) is 17.8. The van der Waals surface area contributed by atoms with Gasteiger partial charge in [0.05, 0.1) is 6.61 Å². The van der Waals surface area contributed by atoms with Gasteiger partial charge in [-0.15, -0.1) is 0 Å². The molecule has 0 aromatic heterocycles. The van der Waals surface area contributed by atoms with E-state index in [1.54, 1.807) is 0 Å². The molecular weight excluding hydrogens is 386 g/mol. The first kappa shape index (κ1) is 20.6. The average Bonchev–Trinajstić information content (AvgIpc) is 2.79. The maximum absolute atomic E-state index is 13.1. The molecule has 30 heavy (non-hydrogen) atoms. The lowest BCUT2D eigenvalue weighted by molar-refractivity contribution is -0.149. The predicted molar refractivity (Wildman–Crippen MR) is 125 cm³/mol. The van der Waals surface area contributed by atoms with Crippen LogP contribution in [0.4, 0.5) is 0 Å². The summed E-state index contributed by atoms with van der Waals surface area (Å²) in [6, 6.07) is 31.9. The topological polar surface area (TPSA) is 29.5 Å². The van der Waals surface area contributed by atoms with Crippen LogP contribution < -0.4 is 15.6 Å². The third-order valence-electron chi connectivity index (χ3n) is 6.21. The fourth-order valence-corrected chi connectivity index (χ4v) is 9.69. The van der Waals surface area contributed by atoms with Crippen molar-refractivity contribution in [3.63, 3.8) is 0 Å². The van der Waals surface area contributed by atoms with Gasteiger partial charge in [-0.3, -0.25) is 4.79 Å². The summed E-state index contributed by atoms with van der Waals surface area (Å²) < 4.78 is 8.04. The van der Waals surface area contributed by atoms with Gasteiger partial charge in [-0.1, -0.05) is 97.4 Å². The molecule has 0 N–H and O–H groups in total. The van der Waals surface area contributed by atoms with Crippen molar-refractivity contribution in [1.82, 2.24) is 4.57 Å². The highest BCUT2D eigenvalue weighted by Crippen LogP contribution is 2.21. The van der Waals surface area contributed by atoms with Crippen LogP contribution >= 0.6 is 0 Å². The van der Waals surface area contributed by atoms with Gasteiger partial charge in [-0.05, 0) is 41.9 Å². The largest absolute Gasteiger partial charge is 0.465 e. The molecule has 1 saturated heterocycles. The van der Waals surface area contributed by atoms with E-state index in [1.165, 1.54) is 15.6 Å². The molecule has 1 aliphatic heterocycles. The Balaban J connectivity index is 1.95. The van der Waals surface area contributed by atoms with Crippen molar-refractivity contribution in [1.29, 1.82) is 0 Å². The van der Waals surface area contributed by atoms with E-state index >= 15 is 0 Å².